The Hall–Kier alpha value is -1.27. The number of aromatic nitrogens is 3. The fourth-order valence-electron chi connectivity index (χ4n) is 1.23. The van der Waals surface area contributed by atoms with E-state index in [1.165, 1.54) is 11.3 Å². The predicted octanol–water partition coefficient (Wildman–Crippen LogP) is 3.05. The highest BCUT2D eigenvalue weighted by atomic mass is 32.1. The Morgan fingerprint density at radius 1 is 1.44 bits per heavy atom. The molecule has 2 aromatic rings. The molecule has 0 saturated carbocycles. The normalized spacial score (nSPS) is 10.7. The number of rotatable bonds is 3. The minimum atomic E-state index is 0.134. The molecule has 0 radical (unpaired) electrons. The maximum atomic E-state index is 5.56. The molecule has 0 aliphatic carbocycles. The van der Waals surface area contributed by atoms with Crippen molar-refractivity contribution in [1.82, 2.24) is 15.2 Å². The summed E-state index contributed by atoms with van der Waals surface area (Å²) < 4.78 is 6.22. The molecule has 6 heteroatoms. The Labute approximate surface area is 102 Å². The predicted molar refractivity (Wildman–Crippen MR) is 66.3 cm³/mol. The third-order valence-corrected chi connectivity index (χ3v) is 2.91. The highest BCUT2D eigenvalue weighted by Crippen LogP contribution is 2.24. The molecule has 0 spiro atoms. The lowest BCUT2D eigenvalue weighted by Crippen LogP contribution is -2.05. The summed E-state index contributed by atoms with van der Waals surface area (Å²) in [7, 11) is 0. The summed E-state index contributed by atoms with van der Waals surface area (Å²) in [5.74, 6) is 0.744. The van der Waals surface area contributed by atoms with Crippen molar-refractivity contribution >= 4 is 23.6 Å². The summed E-state index contributed by atoms with van der Waals surface area (Å²) in [6.07, 6.45) is 3.57. The van der Waals surface area contributed by atoms with Gasteiger partial charge >= 0.3 is 0 Å². The SMILES string of the molecule is CC(C)Oc1cncc(-c2n[nH]c(=S)s2)c1. The second-order valence-electron chi connectivity index (χ2n) is 3.49. The Bertz CT molecular complexity index is 533. The van der Waals surface area contributed by atoms with Gasteiger partial charge in [-0.15, -0.1) is 0 Å². The van der Waals surface area contributed by atoms with E-state index < -0.39 is 0 Å². The van der Waals surface area contributed by atoms with Gasteiger partial charge in [0.1, 0.15) is 10.8 Å². The molecule has 0 unspecified atom stereocenters. The maximum absolute atomic E-state index is 5.56. The van der Waals surface area contributed by atoms with Gasteiger partial charge in [-0.2, -0.15) is 5.10 Å². The van der Waals surface area contributed by atoms with Crippen LogP contribution < -0.4 is 4.74 Å². The minimum absolute atomic E-state index is 0.134. The van der Waals surface area contributed by atoms with Crippen molar-refractivity contribution in [2.45, 2.75) is 20.0 Å². The first-order valence-corrected chi connectivity index (χ1v) is 6.05. The van der Waals surface area contributed by atoms with Crippen molar-refractivity contribution in [3.05, 3.63) is 22.4 Å². The molecule has 1 N–H and O–H groups in total. The first-order valence-electron chi connectivity index (χ1n) is 4.83. The zero-order chi connectivity index (χ0) is 11.5. The highest BCUT2D eigenvalue weighted by Gasteiger charge is 2.05. The third kappa shape index (κ3) is 2.65. The minimum Gasteiger partial charge on any atom is -0.489 e. The second-order valence-corrected chi connectivity index (χ2v) is 5.16. The Morgan fingerprint density at radius 3 is 2.88 bits per heavy atom. The summed E-state index contributed by atoms with van der Waals surface area (Å²) in [5.41, 5.74) is 0.913. The topological polar surface area (TPSA) is 50.8 Å². The second kappa shape index (κ2) is 4.71. The number of pyridine rings is 1. The van der Waals surface area contributed by atoms with Gasteiger partial charge in [0.05, 0.1) is 12.3 Å². The molecule has 84 valence electrons. The summed E-state index contributed by atoms with van der Waals surface area (Å²) in [6, 6.07) is 1.91. The Kier molecular flexibility index (Phi) is 3.31. The average Bonchev–Trinajstić information content (AvgIpc) is 2.64. The van der Waals surface area contributed by atoms with Crippen molar-refractivity contribution < 1.29 is 4.74 Å². The molecule has 0 aromatic carbocycles. The number of H-pyrrole nitrogens is 1. The fourth-order valence-corrected chi connectivity index (χ4v) is 2.10. The van der Waals surface area contributed by atoms with E-state index in [0.29, 0.717) is 3.95 Å². The summed E-state index contributed by atoms with van der Waals surface area (Å²) in [6.45, 7) is 3.95. The average molecular weight is 253 g/mol. The number of nitrogens with zero attached hydrogens (tertiary/aromatic N) is 2. The molecule has 2 aromatic heterocycles. The molecular formula is C10H11N3OS2. The first kappa shape index (κ1) is 11.2. The number of hydrogen-bond donors (Lipinski definition) is 1. The van der Waals surface area contributed by atoms with E-state index in [0.717, 1.165) is 16.3 Å². The van der Waals surface area contributed by atoms with Gasteiger partial charge in [0.15, 0.2) is 3.95 Å². The van der Waals surface area contributed by atoms with E-state index in [1.807, 2.05) is 19.9 Å². The molecule has 16 heavy (non-hydrogen) atoms. The summed E-state index contributed by atoms with van der Waals surface area (Å²) >= 11 is 6.41. The van der Waals surface area contributed by atoms with Crippen LogP contribution in [0.1, 0.15) is 13.8 Å². The molecule has 4 nitrogen and oxygen atoms in total. The third-order valence-electron chi connectivity index (χ3n) is 1.77. The Balaban J connectivity index is 2.32. The van der Waals surface area contributed by atoms with Crippen molar-refractivity contribution in [3.8, 4) is 16.3 Å². The van der Waals surface area contributed by atoms with Gasteiger partial charge in [-0.3, -0.25) is 10.1 Å². The van der Waals surface area contributed by atoms with Crippen molar-refractivity contribution in [1.29, 1.82) is 0 Å². The quantitative estimate of drug-likeness (QED) is 0.854. The number of hydrogen-bond acceptors (Lipinski definition) is 5. The lowest BCUT2D eigenvalue weighted by molar-refractivity contribution is 0.241. The molecular weight excluding hydrogens is 242 g/mol. The van der Waals surface area contributed by atoms with E-state index in [2.05, 4.69) is 15.2 Å². The van der Waals surface area contributed by atoms with Crippen molar-refractivity contribution in [3.63, 3.8) is 0 Å². The molecule has 2 heterocycles. The summed E-state index contributed by atoms with van der Waals surface area (Å²) in [4.78, 5) is 4.12. The standard InChI is InChI=1S/C10H11N3OS2/c1-6(2)14-8-3-7(4-11-5-8)9-12-13-10(15)16-9/h3-6H,1-2H3,(H,13,15). The van der Waals surface area contributed by atoms with Crippen LogP contribution >= 0.6 is 23.6 Å². The van der Waals surface area contributed by atoms with E-state index in [1.54, 1.807) is 12.4 Å². The van der Waals surface area contributed by atoms with Crippen LogP contribution in [0.15, 0.2) is 18.5 Å². The molecule has 0 saturated heterocycles. The van der Waals surface area contributed by atoms with Crippen LogP contribution in [0, 0.1) is 3.95 Å². The van der Waals surface area contributed by atoms with Crippen LogP contribution in [0.3, 0.4) is 0 Å². The smallest absolute Gasteiger partial charge is 0.176 e. The summed E-state index contributed by atoms with van der Waals surface area (Å²) in [5, 5.41) is 7.67. The van der Waals surface area contributed by atoms with Crippen LogP contribution in [0.25, 0.3) is 10.6 Å². The van der Waals surface area contributed by atoms with Gasteiger partial charge in [-0.25, -0.2) is 0 Å². The lowest BCUT2D eigenvalue weighted by Gasteiger charge is -2.09. The zero-order valence-electron chi connectivity index (χ0n) is 8.93. The number of nitrogens with one attached hydrogen (secondary N) is 1. The fraction of sp³-hybridized carbons (Fsp3) is 0.300. The molecule has 2 rings (SSSR count). The highest BCUT2D eigenvalue weighted by molar-refractivity contribution is 7.73. The zero-order valence-corrected chi connectivity index (χ0v) is 10.6. The largest absolute Gasteiger partial charge is 0.489 e. The van der Waals surface area contributed by atoms with Gasteiger partial charge < -0.3 is 4.74 Å². The van der Waals surface area contributed by atoms with E-state index in [9.17, 15) is 0 Å². The van der Waals surface area contributed by atoms with Crippen LogP contribution in [-0.2, 0) is 0 Å². The van der Waals surface area contributed by atoms with Gasteiger partial charge in [-0.1, -0.05) is 11.3 Å². The molecule has 0 aliphatic rings. The van der Waals surface area contributed by atoms with E-state index in [-0.39, 0.29) is 6.10 Å². The van der Waals surface area contributed by atoms with Crippen molar-refractivity contribution in [2.24, 2.45) is 0 Å². The van der Waals surface area contributed by atoms with Gasteiger partial charge in [-0.05, 0) is 32.1 Å². The maximum Gasteiger partial charge on any atom is 0.176 e. The Morgan fingerprint density at radius 2 is 2.25 bits per heavy atom. The van der Waals surface area contributed by atoms with E-state index in [4.69, 9.17) is 17.0 Å². The lowest BCUT2D eigenvalue weighted by atomic mass is 10.3. The molecule has 0 atom stereocenters. The molecule has 0 fully saturated rings. The van der Waals surface area contributed by atoms with Gasteiger partial charge in [0.2, 0.25) is 0 Å². The van der Waals surface area contributed by atoms with Crippen LogP contribution in [0.2, 0.25) is 0 Å². The van der Waals surface area contributed by atoms with Gasteiger partial charge in [0.25, 0.3) is 0 Å². The van der Waals surface area contributed by atoms with Crippen molar-refractivity contribution in [2.75, 3.05) is 0 Å². The molecule has 0 amide bonds. The van der Waals surface area contributed by atoms with Gasteiger partial charge in [0, 0.05) is 11.8 Å². The molecule has 0 bridgehead atoms. The first-order chi connectivity index (χ1) is 7.65. The molecule has 0 aliphatic heterocycles. The number of ether oxygens (including phenoxy) is 1. The van der Waals surface area contributed by atoms with Crippen LogP contribution in [0.5, 0.6) is 5.75 Å². The van der Waals surface area contributed by atoms with E-state index >= 15 is 0 Å². The van der Waals surface area contributed by atoms with Crippen LogP contribution in [-0.4, -0.2) is 21.3 Å². The van der Waals surface area contributed by atoms with Crippen LogP contribution in [0.4, 0.5) is 0 Å². The number of aromatic amines is 1. The monoisotopic (exact) mass is 253 g/mol.